The lowest BCUT2D eigenvalue weighted by Crippen LogP contribution is -2.42. The lowest BCUT2D eigenvalue weighted by atomic mass is 9.95. The molecule has 2 atom stereocenters. The number of thioether (sulfide) groups is 1. The number of piperidine rings is 1. The van der Waals surface area contributed by atoms with E-state index in [2.05, 4.69) is 5.32 Å². The van der Waals surface area contributed by atoms with Crippen molar-refractivity contribution in [3.63, 3.8) is 0 Å². The van der Waals surface area contributed by atoms with E-state index in [-0.39, 0.29) is 23.8 Å². The van der Waals surface area contributed by atoms with Gasteiger partial charge < -0.3 is 15.0 Å². The van der Waals surface area contributed by atoms with Gasteiger partial charge in [0.05, 0.1) is 29.1 Å². The first-order chi connectivity index (χ1) is 14.1. The highest BCUT2D eigenvalue weighted by Gasteiger charge is 2.30. The number of amides is 2. The molecular weight excluding hydrogens is 388 g/mol. The van der Waals surface area contributed by atoms with Gasteiger partial charge in [0.25, 0.3) is 0 Å². The highest BCUT2D eigenvalue weighted by molar-refractivity contribution is 8.00. The second kappa shape index (κ2) is 9.26. The molecule has 1 aliphatic carbocycles. The first-order valence-electron chi connectivity index (χ1n) is 10.4. The van der Waals surface area contributed by atoms with Gasteiger partial charge in [-0.25, -0.2) is 4.99 Å². The van der Waals surface area contributed by atoms with Crippen LogP contribution in [0.1, 0.15) is 32.6 Å². The predicted molar refractivity (Wildman–Crippen MR) is 115 cm³/mol. The summed E-state index contributed by atoms with van der Waals surface area (Å²) in [4.78, 5) is 35.6. The van der Waals surface area contributed by atoms with Crippen LogP contribution < -0.4 is 5.32 Å². The van der Waals surface area contributed by atoms with E-state index in [4.69, 9.17) is 14.7 Å². The molecule has 2 amide bonds. The van der Waals surface area contributed by atoms with Crippen molar-refractivity contribution in [2.75, 3.05) is 32.1 Å². The van der Waals surface area contributed by atoms with Crippen molar-refractivity contribution in [2.45, 2.75) is 43.9 Å². The summed E-state index contributed by atoms with van der Waals surface area (Å²) in [5.74, 6) is 1.17. The fourth-order valence-electron chi connectivity index (χ4n) is 4.06. The van der Waals surface area contributed by atoms with E-state index >= 15 is 0 Å². The summed E-state index contributed by atoms with van der Waals surface area (Å²) in [5.41, 5.74) is 1.60. The number of ether oxygens (including phenoxy) is 1. The molecule has 2 saturated heterocycles. The molecule has 4 aliphatic rings. The third-order valence-electron chi connectivity index (χ3n) is 5.69. The van der Waals surface area contributed by atoms with Crippen molar-refractivity contribution >= 4 is 35.1 Å². The molecule has 1 N–H and O–H groups in total. The summed E-state index contributed by atoms with van der Waals surface area (Å²) in [6, 6.07) is 0.102. The number of carbonyl (C=O) groups excluding carboxylic acids is 2. The lowest BCUT2D eigenvalue weighted by molar-refractivity contribution is -0.130. The zero-order valence-corrected chi connectivity index (χ0v) is 17.6. The quantitative estimate of drug-likeness (QED) is 0.759. The van der Waals surface area contributed by atoms with E-state index in [0.717, 1.165) is 62.7 Å². The number of nitrogens with zero attached hydrogens (tertiary/aromatic N) is 3. The van der Waals surface area contributed by atoms with Crippen molar-refractivity contribution in [1.82, 2.24) is 10.2 Å². The van der Waals surface area contributed by atoms with Gasteiger partial charge in [-0.3, -0.25) is 14.6 Å². The predicted octanol–water partition coefficient (Wildman–Crippen LogP) is 1.95. The maximum atomic E-state index is 12.5. The van der Waals surface area contributed by atoms with Crippen LogP contribution in [0.25, 0.3) is 0 Å². The number of likely N-dealkylation sites (tertiary alicyclic amines) is 1. The van der Waals surface area contributed by atoms with Gasteiger partial charge in [0, 0.05) is 38.5 Å². The first kappa shape index (κ1) is 20.3. The Bertz CT molecular complexity index is 783. The van der Waals surface area contributed by atoms with Crippen LogP contribution >= 0.6 is 11.8 Å². The summed E-state index contributed by atoms with van der Waals surface area (Å²) in [5, 5.41) is 3.52. The Morgan fingerprint density at radius 1 is 1.38 bits per heavy atom. The standard InChI is InChI=1S/C21H28N4O3S/c1-14(26)25-8-2-3-16(12-25)22-15-4-5-18-19(11-15)23-20(24-21(18)27)13-29-17-6-9-28-10-7-17/h4-5,11,16-18H,2-3,6-10,12-13H2,1H3,(H,23,24,27). The molecule has 2 unspecified atom stereocenters. The van der Waals surface area contributed by atoms with Crippen molar-refractivity contribution in [3.05, 3.63) is 23.9 Å². The number of allylic oxidation sites excluding steroid dienone is 2. The second-order valence-electron chi connectivity index (χ2n) is 7.89. The monoisotopic (exact) mass is 416 g/mol. The lowest BCUT2D eigenvalue weighted by Gasteiger charge is -2.30. The zero-order chi connectivity index (χ0) is 20.2. The number of fused-ring (bicyclic) bond motifs is 1. The fraction of sp³-hybridized carbons (Fsp3) is 0.619. The van der Waals surface area contributed by atoms with Gasteiger partial charge in [0.2, 0.25) is 11.8 Å². The van der Waals surface area contributed by atoms with Gasteiger partial charge in [-0.15, -0.1) is 0 Å². The summed E-state index contributed by atoms with van der Waals surface area (Å²) < 4.78 is 5.41. The Labute approximate surface area is 175 Å². The third kappa shape index (κ3) is 5.17. The molecule has 8 heteroatoms. The number of rotatable bonds is 4. The molecule has 4 rings (SSSR count). The topological polar surface area (TPSA) is 83.4 Å². The molecule has 2 fully saturated rings. The van der Waals surface area contributed by atoms with Crippen LogP contribution in [0.3, 0.4) is 0 Å². The van der Waals surface area contributed by atoms with E-state index in [0.29, 0.717) is 17.5 Å². The van der Waals surface area contributed by atoms with E-state index in [1.54, 1.807) is 6.92 Å². The molecule has 3 aliphatic heterocycles. The summed E-state index contributed by atoms with van der Waals surface area (Å²) >= 11 is 1.84. The normalized spacial score (nSPS) is 29.2. The molecular formula is C21H28N4O3S. The number of aliphatic imine (C=N–C) groups is 2. The van der Waals surface area contributed by atoms with Crippen LogP contribution in [0.2, 0.25) is 0 Å². The van der Waals surface area contributed by atoms with Crippen LogP contribution in [-0.2, 0) is 14.3 Å². The Hall–Kier alpha value is -1.93. The van der Waals surface area contributed by atoms with Crippen LogP contribution in [0.5, 0.6) is 0 Å². The average molecular weight is 417 g/mol. The van der Waals surface area contributed by atoms with Crippen LogP contribution in [0.15, 0.2) is 33.9 Å². The molecule has 0 aromatic carbocycles. The maximum absolute atomic E-state index is 12.5. The van der Waals surface area contributed by atoms with Gasteiger partial charge in [0.1, 0.15) is 5.84 Å². The molecule has 0 radical (unpaired) electrons. The first-order valence-corrected chi connectivity index (χ1v) is 11.4. The smallest absolute Gasteiger partial charge is 0.238 e. The largest absolute Gasteiger partial charge is 0.381 e. The summed E-state index contributed by atoms with van der Waals surface area (Å²) in [7, 11) is 0. The molecule has 0 saturated carbocycles. The summed E-state index contributed by atoms with van der Waals surface area (Å²) in [6.45, 7) is 4.72. The minimum absolute atomic E-state index is 0.0236. The van der Waals surface area contributed by atoms with E-state index in [9.17, 15) is 9.59 Å². The van der Waals surface area contributed by atoms with Gasteiger partial charge in [-0.1, -0.05) is 6.08 Å². The Morgan fingerprint density at radius 2 is 2.21 bits per heavy atom. The van der Waals surface area contributed by atoms with Crippen LogP contribution in [-0.4, -0.2) is 71.6 Å². The third-order valence-corrected chi connectivity index (χ3v) is 7.07. The summed E-state index contributed by atoms with van der Waals surface area (Å²) in [6.07, 6.45) is 9.75. The highest BCUT2D eigenvalue weighted by Crippen LogP contribution is 2.26. The van der Waals surface area contributed by atoms with Crippen molar-refractivity contribution in [3.8, 4) is 0 Å². The second-order valence-corrected chi connectivity index (χ2v) is 9.18. The Morgan fingerprint density at radius 3 is 3.00 bits per heavy atom. The number of hydrogen-bond acceptors (Lipinski definition) is 6. The molecule has 0 aromatic rings. The van der Waals surface area contributed by atoms with E-state index < -0.39 is 0 Å². The number of carbonyl (C=O) groups is 2. The van der Waals surface area contributed by atoms with Gasteiger partial charge in [-0.05, 0) is 37.8 Å². The molecule has 156 valence electrons. The minimum atomic E-state index is -0.342. The van der Waals surface area contributed by atoms with Crippen LogP contribution in [0.4, 0.5) is 0 Å². The highest BCUT2D eigenvalue weighted by atomic mass is 32.2. The van der Waals surface area contributed by atoms with Crippen LogP contribution in [0, 0.1) is 5.92 Å². The van der Waals surface area contributed by atoms with Gasteiger partial charge in [-0.2, -0.15) is 11.8 Å². The zero-order valence-electron chi connectivity index (χ0n) is 16.8. The average Bonchev–Trinajstić information content (AvgIpc) is 2.73. The van der Waals surface area contributed by atoms with Gasteiger partial charge in [0.15, 0.2) is 0 Å². The van der Waals surface area contributed by atoms with E-state index in [1.165, 1.54) is 0 Å². The Kier molecular flexibility index (Phi) is 6.50. The molecule has 29 heavy (non-hydrogen) atoms. The van der Waals surface area contributed by atoms with Crippen molar-refractivity contribution in [1.29, 1.82) is 0 Å². The molecule has 0 spiro atoms. The maximum Gasteiger partial charge on any atom is 0.238 e. The number of nitrogens with one attached hydrogen (secondary N) is 1. The minimum Gasteiger partial charge on any atom is -0.381 e. The Balaban J connectivity index is 1.43. The molecule has 0 bridgehead atoms. The number of hydrogen-bond donors (Lipinski definition) is 1. The SMILES string of the molecule is CC(=O)N1CCCC(N=C2C=CC3C(=O)NC(CSC4CCOCC4)=NC3=C2)C1. The van der Waals surface area contributed by atoms with E-state index in [1.807, 2.05) is 34.9 Å². The molecule has 3 heterocycles. The number of amidine groups is 1. The van der Waals surface area contributed by atoms with Crippen molar-refractivity contribution < 1.29 is 14.3 Å². The van der Waals surface area contributed by atoms with Crippen molar-refractivity contribution in [2.24, 2.45) is 15.9 Å². The fourth-order valence-corrected chi connectivity index (χ4v) is 5.11. The van der Waals surface area contributed by atoms with Gasteiger partial charge >= 0.3 is 0 Å². The molecule has 7 nitrogen and oxygen atoms in total. The molecule has 0 aromatic heterocycles.